The minimum atomic E-state index is 0.676. The van der Waals surface area contributed by atoms with Crippen molar-refractivity contribution in [3.8, 4) is 0 Å². The number of aromatic nitrogens is 3. The third-order valence-corrected chi connectivity index (χ3v) is 3.40. The zero-order valence-corrected chi connectivity index (χ0v) is 10.8. The largest absolute Gasteiger partial charge is 0.339 e. The van der Waals surface area contributed by atoms with Crippen LogP contribution < -0.4 is 0 Å². The molecule has 3 aromatic rings. The number of benzene rings is 1. The molecule has 1 aromatic carbocycles. The number of nitrogens with zero attached hydrogens (tertiary/aromatic N) is 3. The maximum absolute atomic E-state index is 11.2. The zero-order chi connectivity index (χ0) is 13.2. The first-order valence-electron chi connectivity index (χ1n) is 6.36. The molecule has 0 saturated heterocycles. The SMILES string of the molecule is CCn1ccnc1Cn1ccc2cccc(C=O)c21. The number of imidazole rings is 1. The summed E-state index contributed by atoms with van der Waals surface area (Å²) in [5, 5.41) is 1.08. The molecule has 0 bridgehead atoms. The van der Waals surface area contributed by atoms with Crippen LogP contribution in [0.2, 0.25) is 0 Å². The van der Waals surface area contributed by atoms with E-state index >= 15 is 0 Å². The van der Waals surface area contributed by atoms with Gasteiger partial charge < -0.3 is 9.13 Å². The number of aldehydes is 1. The van der Waals surface area contributed by atoms with E-state index in [1.807, 2.05) is 42.9 Å². The number of carbonyl (C=O) groups excluding carboxylic acids is 1. The smallest absolute Gasteiger partial charge is 0.152 e. The normalized spacial score (nSPS) is 11.0. The molecule has 0 atom stereocenters. The maximum atomic E-state index is 11.2. The van der Waals surface area contributed by atoms with Gasteiger partial charge in [0.05, 0.1) is 12.1 Å². The van der Waals surface area contributed by atoms with Crippen molar-refractivity contribution < 1.29 is 4.79 Å². The van der Waals surface area contributed by atoms with Crippen LogP contribution in [-0.4, -0.2) is 20.4 Å². The minimum absolute atomic E-state index is 0.676. The van der Waals surface area contributed by atoms with E-state index in [0.29, 0.717) is 6.54 Å². The molecule has 0 unspecified atom stereocenters. The summed E-state index contributed by atoms with van der Waals surface area (Å²) in [6, 6.07) is 7.80. The van der Waals surface area contributed by atoms with Crippen LogP contribution in [0.3, 0.4) is 0 Å². The first-order valence-corrected chi connectivity index (χ1v) is 6.36. The Balaban J connectivity index is 2.08. The summed E-state index contributed by atoms with van der Waals surface area (Å²) < 4.78 is 4.18. The number of hydrogen-bond donors (Lipinski definition) is 0. The fraction of sp³-hybridized carbons (Fsp3) is 0.200. The Labute approximate surface area is 111 Å². The van der Waals surface area contributed by atoms with Gasteiger partial charge >= 0.3 is 0 Å². The lowest BCUT2D eigenvalue weighted by Gasteiger charge is -2.08. The van der Waals surface area contributed by atoms with E-state index in [1.165, 1.54) is 0 Å². The quantitative estimate of drug-likeness (QED) is 0.671. The van der Waals surface area contributed by atoms with Gasteiger partial charge in [-0.2, -0.15) is 0 Å². The topological polar surface area (TPSA) is 39.8 Å². The molecule has 2 heterocycles. The van der Waals surface area contributed by atoms with Crippen molar-refractivity contribution >= 4 is 17.2 Å². The van der Waals surface area contributed by atoms with Crippen LogP contribution in [0.15, 0.2) is 42.9 Å². The highest BCUT2D eigenvalue weighted by molar-refractivity contribution is 5.96. The maximum Gasteiger partial charge on any atom is 0.152 e. The van der Waals surface area contributed by atoms with Crippen LogP contribution in [0.1, 0.15) is 23.1 Å². The Hall–Kier alpha value is -2.36. The van der Waals surface area contributed by atoms with Gasteiger partial charge in [0.25, 0.3) is 0 Å². The molecule has 0 amide bonds. The standard InChI is InChI=1S/C15H15N3O/c1-2-17-9-7-16-14(17)10-18-8-6-12-4-3-5-13(11-19)15(12)18/h3-9,11H,2,10H2,1H3. The predicted octanol–water partition coefficient (Wildman–Crippen LogP) is 2.72. The Morgan fingerprint density at radius 1 is 1.21 bits per heavy atom. The van der Waals surface area contributed by atoms with Gasteiger partial charge in [0.1, 0.15) is 5.82 Å². The third-order valence-electron chi connectivity index (χ3n) is 3.40. The predicted molar refractivity (Wildman–Crippen MR) is 74.3 cm³/mol. The van der Waals surface area contributed by atoms with E-state index in [0.717, 1.165) is 35.1 Å². The molecule has 0 saturated carbocycles. The summed E-state index contributed by atoms with van der Waals surface area (Å²) in [6.07, 6.45) is 6.70. The molecule has 0 N–H and O–H groups in total. The molecule has 0 spiro atoms. The number of para-hydroxylation sites is 1. The lowest BCUT2D eigenvalue weighted by atomic mass is 10.1. The van der Waals surface area contributed by atoms with Gasteiger partial charge in [-0.25, -0.2) is 4.98 Å². The monoisotopic (exact) mass is 253 g/mol. The van der Waals surface area contributed by atoms with Crippen molar-refractivity contribution in [1.82, 2.24) is 14.1 Å². The van der Waals surface area contributed by atoms with Crippen molar-refractivity contribution in [3.63, 3.8) is 0 Å². The number of carbonyl (C=O) groups is 1. The summed E-state index contributed by atoms with van der Waals surface area (Å²) in [6.45, 7) is 3.67. The fourth-order valence-corrected chi connectivity index (χ4v) is 2.45. The molecular weight excluding hydrogens is 238 g/mol. The molecule has 2 aromatic heterocycles. The van der Waals surface area contributed by atoms with Gasteiger partial charge in [-0.3, -0.25) is 4.79 Å². The van der Waals surface area contributed by atoms with E-state index in [4.69, 9.17) is 0 Å². The van der Waals surface area contributed by atoms with Crippen molar-refractivity contribution in [3.05, 3.63) is 54.2 Å². The first-order chi connectivity index (χ1) is 9.33. The van der Waals surface area contributed by atoms with Crippen LogP contribution in [0, 0.1) is 0 Å². The second kappa shape index (κ2) is 4.72. The number of hydrogen-bond acceptors (Lipinski definition) is 2. The summed E-state index contributed by atoms with van der Waals surface area (Å²) in [4.78, 5) is 15.5. The number of aryl methyl sites for hydroxylation is 1. The molecular formula is C15H15N3O. The van der Waals surface area contributed by atoms with Gasteiger partial charge in [-0.05, 0) is 19.1 Å². The molecule has 96 valence electrons. The number of rotatable bonds is 4. The fourth-order valence-electron chi connectivity index (χ4n) is 2.45. The Morgan fingerprint density at radius 2 is 2.11 bits per heavy atom. The third kappa shape index (κ3) is 1.95. The van der Waals surface area contributed by atoms with Gasteiger partial charge in [0.15, 0.2) is 6.29 Å². The van der Waals surface area contributed by atoms with E-state index in [-0.39, 0.29) is 0 Å². The highest BCUT2D eigenvalue weighted by atomic mass is 16.1. The van der Waals surface area contributed by atoms with Crippen LogP contribution >= 0.6 is 0 Å². The number of fused-ring (bicyclic) bond motifs is 1. The van der Waals surface area contributed by atoms with Gasteiger partial charge in [-0.15, -0.1) is 0 Å². The van der Waals surface area contributed by atoms with Gasteiger partial charge in [0, 0.05) is 36.1 Å². The Bertz CT molecular complexity index is 724. The van der Waals surface area contributed by atoms with Crippen molar-refractivity contribution in [1.29, 1.82) is 0 Å². The lowest BCUT2D eigenvalue weighted by molar-refractivity contribution is 0.112. The minimum Gasteiger partial charge on any atom is -0.339 e. The summed E-state index contributed by atoms with van der Waals surface area (Å²) in [5.74, 6) is 1.00. The second-order valence-corrected chi connectivity index (χ2v) is 4.48. The molecule has 4 nitrogen and oxygen atoms in total. The summed E-state index contributed by atoms with van der Waals surface area (Å²) in [7, 11) is 0. The van der Waals surface area contributed by atoms with Crippen LogP contribution in [0.25, 0.3) is 10.9 Å². The highest BCUT2D eigenvalue weighted by Gasteiger charge is 2.08. The highest BCUT2D eigenvalue weighted by Crippen LogP contribution is 2.20. The summed E-state index contributed by atoms with van der Waals surface area (Å²) in [5.41, 5.74) is 1.69. The molecule has 3 rings (SSSR count). The van der Waals surface area contributed by atoms with Crippen LogP contribution in [0.5, 0.6) is 0 Å². The van der Waals surface area contributed by atoms with E-state index in [2.05, 4.69) is 21.0 Å². The molecule has 4 heteroatoms. The molecule has 19 heavy (non-hydrogen) atoms. The van der Waals surface area contributed by atoms with Crippen LogP contribution in [-0.2, 0) is 13.1 Å². The zero-order valence-electron chi connectivity index (χ0n) is 10.8. The molecule has 0 fully saturated rings. The second-order valence-electron chi connectivity index (χ2n) is 4.48. The van der Waals surface area contributed by atoms with E-state index in [9.17, 15) is 4.79 Å². The summed E-state index contributed by atoms with van der Waals surface area (Å²) >= 11 is 0. The average molecular weight is 253 g/mol. The molecule has 0 aliphatic heterocycles. The van der Waals surface area contributed by atoms with Gasteiger partial charge in [-0.1, -0.05) is 12.1 Å². The van der Waals surface area contributed by atoms with Crippen molar-refractivity contribution in [2.24, 2.45) is 0 Å². The van der Waals surface area contributed by atoms with E-state index < -0.39 is 0 Å². The molecule has 0 aliphatic rings. The lowest BCUT2D eigenvalue weighted by Crippen LogP contribution is -2.07. The Morgan fingerprint density at radius 3 is 2.89 bits per heavy atom. The average Bonchev–Trinajstić information content (AvgIpc) is 3.06. The van der Waals surface area contributed by atoms with Crippen molar-refractivity contribution in [2.75, 3.05) is 0 Å². The molecule has 0 radical (unpaired) electrons. The Kier molecular flexibility index (Phi) is 2.91. The molecule has 0 aliphatic carbocycles. The first kappa shape index (κ1) is 11.7. The van der Waals surface area contributed by atoms with Gasteiger partial charge in [0.2, 0.25) is 0 Å². The van der Waals surface area contributed by atoms with Crippen LogP contribution in [0.4, 0.5) is 0 Å². The van der Waals surface area contributed by atoms with E-state index in [1.54, 1.807) is 0 Å². The van der Waals surface area contributed by atoms with Crippen molar-refractivity contribution in [2.45, 2.75) is 20.0 Å².